The molecular formula is C21H21ClN4O3S. The minimum Gasteiger partial charge on any atom is -0.462 e. The van der Waals surface area contributed by atoms with Crippen LogP contribution in [-0.2, 0) is 16.6 Å². The molecule has 0 aliphatic carbocycles. The number of carbonyl (C=O) groups is 2. The number of amides is 1. The summed E-state index contributed by atoms with van der Waals surface area (Å²) >= 11 is 7.41. The molecule has 1 amide bonds. The fourth-order valence-corrected chi connectivity index (χ4v) is 3.65. The first kappa shape index (κ1) is 21.9. The van der Waals surface area contributed by atoms with Gasteiger partial charge in [0, 0.05) is 12.6 Å². The molecule has 0 aliphatic rings. The molecule has 1 heterocycles. The van der Waals surface area contributed by atoms with Crippen molar-refractivity contribution >= 4 is 40.9 Å². The van der Waals surface area contributed by atoms with Gasteiger partial charge in [0.2, 0.25) is 5.91 Å². The monoisotopic (exact) mass is 444 g/mol. The van der Waals surface area contributed by atoms with Gasteiger partial charge in [-0.25, -0.2) is 4.79 Å². The van der Waals surface area contributed by atoms with Crippen LogP contribution in [0.4, 0.5) is 5.69 Å². The van der Waals surface area contributed by atoms with Gasteiger partial charge in [-0.3, -0.25) is 4.79 Å². The number of carbonyl (C=O) groups excluding carboxylic acids is 2. The summed E-state index contributed by atoms with van der Waals surface area (Å²) in [5, 5.41) is 12.1. The molecular weight excluding hydrogens is 424 g/mol. The Balaban J connectivity index is 1.67. The van der Waals surface area contributed by atoms with E-state index >= 15 is 0 Å². The van der Waals surface area contributed by atoms with Crippen LogP contribution in [0.15, 0.2) is 47.6 Å². The van der Waals surface area contributed by atoms with Crippen molar-refractivity contribution in [2.75, 3.05) is 17.7 Å². The molecule has 0 unspecified atom stereocenters. The van der Waals surface area contributed by atoms with E-state index in [9.17, 15) is 9.59 Å². The summed E-state index contributed by atoms with van der Waals surface area (Å²) in [5.41, 5.74) is 2.76. The first-order valence-electron chi connectivity index (χ1n) is 9.25. The van der Waals surface area contributed by atoms with Crippen LogP contribution < -0.4 is 5.32 Å². The highest BCUT2D eigenvalue weighted by Gasteiger charge is 2.16. The molecule has 1 N–H and O–H groups in total. The molecule has 156 valence electrons. The maximum absolute atomic E-state index is 12.4. The van der Waals surface area contributed by atoms with E-state index in [2.05, 4.69) is 15.5 Å². The fourth-order valence-electron chi connectivity index (χ4n) is 2.78. The highest BCUT2D eigenvalue weighted by molar-refractivity contribution is 7.99. The average molecular weight is 445 g/mol. The number of halogens is 1. The number of aryl methyl sites for hydroxylation is 1. The van der Waals surface area contributed by atoms with E-state index in [4.69, 9.17) is 16.3 Å². The van der Waals surface area contributed by atoms with Crippen LogP contribution in [0.1, 0.15) is 22.8 Å². The number of hydrogen-bond acceptors (Lipinski definition) is 6. The molecule has 3 rings (SSSR count). The highest BCUT2D eigenvalue weighted by atomic mass is 35.5. The molecule has 0 spiro atoms. The third kappa shape index (κ3) is 5.01. The summed E-state index contributed by atoms with van der Waals surface area (Å²) in [6, 6.07) is 12.5. The number of anilines is 1. The lowest BCUT2D eigenvalue weighted by Gasteiger charge is -2.09. The number of thioether (sulfide) groups is 1. The SMILES string of the molecule is CCOC(=O)c1ccc(Cl)c(NC(=O)CSc2nnc(-c3ccccc3C)n2C)c1. The highest BCUT2D eigenvalue weighted by Crippen LogP contribution is 2.26. The van der Waals surface area contributed by atoms with Crippen molar-refractivity contribution in [3.8, 4) is 11.4 Å². The Labute approximate surface area is 183 Å². The van der Waals surface area contributed by atoms with Gasteiger partial charge in [-0.05, 0) is 37.6 Å². The number of aromatic nitrogens is 3. The molecule has 0 saturated heterocycles. The summed E-state index contributed by atoms with van der Waals surface area (Å²) in [4.78, 5) is 24.3. The van der Waals surface area contributed by atoms with E-state index in [0.29, 0.717) is 21.4 Å². The molecule has 9 heteroatoms. The van der Waals surface area contributed by atoms with Crippen LogP contribution >= 0.6 is 23.4 Å². The Morgan fingerprint density at radius 1 is 1.20 bits per heavy atom. The molecule has 0 radical (unpaired) electrons. The normalized spacial score (nSPS) is 10.7. The maximum atomic E-state index is 12.4. The lowest BCUT2D eigenvalue weighted by Crippen LogP contribution is -2.15. The van der Waals surface area contributed by atoms with Crippen LogP contribution in [0.5, 0.6) is 0 Å². The number of ether oxygens (including phenoxy) is 1. The van der Waals surface area contributed by atoms with Crippen LogP contribution in [0, 0.1) is 6.92 Å². The molecule has 3 aromatic rings. The van der Waals surface area contributed by atoms with Crippen LogP contribution in [-0.4, -0.2) is 39.0 Å². The molecule has 0 fully saturated rings. The number of nitrogens with zero attached hydrogens (tertiary/aromatic N) is 3. The van der Waals surface area contributed by atoms with Gasteiger partial charge in [-0.2, -0.15) is 0 Å². The number of nitrogens with one attached hydrogen (secondary N) is 1. The van der Waals surface area contributed by atoms with Crippen LogP contribution in [0.3, 0.4) is 0 Å². The number of benzene rings is 2. The smallest absolute Gasteiger partial charge is 0.338 e. The van der Waals surface area contributed by atoms with Crippen molar-refractivity contribution in [1.29, 1.82) is 0 Å². The summed E-state index contributed by atoms with van der Waals surface area (Å²) in [6.45, 7) is 4.01. The van der Waals surface area contributed by atoms with Crippen LogP contribution in [0.25, 0.3) is 11.4 Å². The molecule has 0 atom stereocenters. The zero-order chi connectivity index (χ0) is 21.7. The van der Waals surface area contributed by atoms with Crippen molar-refractivity contribution < 1.29 is 14.3 Å². The Morgan fingerprint density at radius 2 is 1.97 bits per heavy atom. The van der Waals surface area contributed by atoms with Crippen LogP contribution in [0.2, 0.25) is 5.02 Å². The summed E-state index contributed by atoms with van der Waals surface area (Å²) in [5.74, 6) is 0.103. The van der Waals surface area contributed by atoms with Crippen molar-refractivity contribution in [2.24, 2.45) is 7.05 Å². The lowest BCUT2D eigenvalue weighted by atomic mass is 10.1. The van der Waals surface area contributed by atoms with E-state index < -0.39 is 5.97 Å². The summed E-state index contributed by atoms with van der Waals surface area (Å²) in [6.07, 6.45) is 0. The van der Waals surface area contributed by atoms with Gasteiger partial charge in [0.1, 0.15) is 0 Å². The topological polar surface area (TPSA) is 86.1 Å². The zero-order valence-corrected chi connectivity index (χ0v) is 18.4. The van der Waals surface area contributed by atoms with Gasteiger partial charge in [-0.15, -0.1) is 10.2 Å². The molecule has 30 heavy (non-hydrogen) atoms. The van der Waals surface area contributed by atoms with Gasteiger partial charge in [0.05, 0.1) is 28.6 Å². The van der Waals surface area contributed by atoms with Gasteiger partial charge in [0.25, 0.3) is 0 Å². The summed E-state index contributed by atoms with van der Waals surface area (Å²) in [7, 11) is 1.86. The first-order valence-corrected chi connectivity index (χ1v) is 10.6. The van der Waals surface area contributed by atoms with Crippen molar-refractivity contribution in [1.82, 2.24) is 14.8 Å². The molecule has 7 nitrogen and oxygen atoms in total. The van der Waals surface area contributed by atoms with E-state index in [1.165, 1.54) is 17.8 Å². The quantitative estimate of drug-likeness (QED) is 0.430. The van der Waals surface area contributed by atoms with Crippen molar-refractivity contribution in [2.45, 2.75) is 19.0 Å². The van der Waals surface area contributed by atoms with Crippen molar-refractivity contribution in [3.63, 3.8) is 0 Å². The van der Waals surface area contributed by atoms with Crippen molar-refractivity contribution in [3.05, 3.63) is 58.6 Å². The Morgan fingerprint density at radius 3 is 2.70 bits per heavy atom. The second-order valence-electron chi connectivity index (χ2n) is 6.43. The third-order valence-electron chi connectivity index (χ3n) is 4.30. The fraction of sp³-hybridized carbons (Fsp3) is 0.238. The van der Waals surface area contributed by atoms with Gasteiger partial charge in [-0.1, -0.05) is 47.6 Å². The molecule has 0 bridgehead atoms. The van der Waals surface area contributed by atoms with Gasteiger partial charge >= 0.3 is 5.97 Å². The molecule has 1 aromatic heterocycles. The number of rotatable bonds is 7. The van der Waals surface area contributed by atoms with Gasteiger partial charge in [0.15, 0.2) is 11.0 Å². The second-order valence-corrected chi connectivity index (χ2v) is 7.78. The predicted molar refractivity (Wildman–Crippen MR) is 118 cm³/mol. The Hall–Kier alpha value is -2.84. The van der Waals surface area contributed by atoms with E-state index in [1.807, 2.05) is 42.8 Å². The average Bonchev–Trinajstić information content (AvgIpc) is 3.09. The Kier molecular flexibility index (Phi) is 7.12. The zero-order valence-electron chi connectivity index (χ0n) is 16.8. The predicted octanol–water partition coefficient (Wildman–Crippen LogP) is 4.35. The van der Waals surface area contributed by atoms with E-state index in [1.54, 1.807) is 19.1 Å². The standard InChI is InChI=1S/C21H21ClN4O3S/c1-4-29-20(28)14-9-10-16(22)17(11-14)23-18(27)12-30-21-25-24-19(26(21)3)15-8-6-5-7-13(15)2/h5-11H,4,12H2,1-3H3,(H,23,27). The van der Waals surface area contributed by atoms with E-state index in [0.717, 1.165) is 17.0 Å². The minimum absolute atomic E-state index is 0.111. The first-order chi connectivity index (χ1) is 14.4. The Bertz CT molecular complexity index is 1080. The third-order valence-corrected chi connectivity index (χ3v) is 5.65. The summed E-state index contributed by atoms with van der Waals surface area (Å²) < 4.78 is 6.83. The second kappa shape index (κ2) is 9.77. The maximum Gasteiger partial charge on any atom is 0.338 e. The molecule has 0 saturated carbocycles. The molecule has 0 aliphatic heterocycles. The number of esters is 1. The largest absolute Gasteiger partial charge is 0.462 e. The van der Waals surface area contributed by atoms with E-state index in [-0.39, 0.29) is 18.3 Å². The lowest BCUT2D eigenvalue weighted by molar-refractivity contribution is -0.113. The molecule has 2 aromatic carbocycles. The number of hydrogen-bond donors (Lipinski definition) is 1. The minimum atomic E-state index is -0.470. The van der Waals surface area contributed by atoms with Gasteiger partial charge < -0.3 is 14.6 Å².